The van der Waals surface area contributed by atoms with Crippen LogP contribution in [0.3, 0.4) is 0 Å². The highest BCUT2D eigenvalue weighted by Crippen LogP contribution is 2.37. The highest BCUT2D eigenvalue weighted by atomic mass is 19.4. The molecule has 10 heteroatoms. The van der Waals surface area contributed by atoms with Crippen LogP contribution in [-0.4, -0.2) is 47.3 Å². The van der Waals surface area contributed by atoms with Crippen LogP contribution < -0.4 is 0 Å². The van der Waals surface area contributed by atoms with E-state index in [1.807, 2.05) is 36.4 Å². The summed E-state index contributed by atoms with van der Waals surface area (Å²) in [6.45, 7) is 0.0539. The number of hydrogen-bond acceptors (Lipinski definition) is 2. The zero-order valence-electron chi connectivity index (χ0n) is 21.7. The Hall–Kier alpha value is -4.34. The first-order valence-corrected chi connectivity index (χ1v) is 12.7. The highest BCUT2D eigenvalue weighted by Gasteiger charge is 2.39. The Balaban J connectivity index is 1.58. The minimum Gasteiger partial charge on any atom is -0.335 e. The predicted octanol–water partition coefficient (Wildman–Crippen LogP) is 6.89. The number of benzene rings is 3. The summed E-state index contributed by atoms with van der Waals surface area (Å²) < 4.78 is 80.5. The Morgan fingerprint density at radius 3 is 1.95 bits per heavy atom. The second-order valence-corrected chi connectivity index (χ2v) is 9.55. The molecule has 0 bridgehead atoms. The quantitative estimate of drug-likeness (QED) is 0.183. The molecule has 1 aliphatic heterocycles. The Morgan fingerprint density at radius 2 is 1.37 bits per heavy atom. The van der Waals surface area contributed by atoms with Crippen molar-refractivity contribution in [3.8, 4) is 0 Å². The molecule has 0 aliphatic carbocycles. The number of rotatable bonds is 6. The van der Waals surface area contributed by atoms with Gasteiger partial charge in [-0.25, -0.2) is 0 Å². The topological polar surface area (TPSA) is 40.6 Å². The van der Waals surface area contributed by atoms with Gasteiger partial charge in [0.15, 0.2) is 0 Å². The molecule has 1 aliphatic rings. The Labute approximate surface area is 233 Å². The maximum absolute atomic E-state index is 13.4. The van der Waals surface area contributed by atoms with Gasteiger partial charge >= 0.3 is 12.4 Å². The van der Waals surface area contributed by atoms with Gasteiger partial charge in [-0.3, -0.25) is 9.59 Å². The maximum Gasteiger partial charge on any atom is 0.416 e. The number of alkyl halides is 6. The van der Waals surface area contributed by atoms with Crippen molar-refractivity contribution in [1.82, 2.24) is 9.80 Å². The molecule has 214 valence electrons. The van der Waals surface area contributed by atoms with Crippen molar-refractivity contribution in [3.63, 3.8) is 0 Å². The van der Waals surface area contributed by atoms with Gasteiger partial charge in [0.1, 0.15) is 0 Å². The van der Waals surface area contributed by atoms with Crippen molar-refractivity contribution in [3.05, 3.63) is 125 Å². The van der Waals surface area contributed by atoms with Gasteiger partial charge in [0.25, 0.3) is 5.91 Å². The molecule has 4 rings (SSSR count). The van der Waals surface area contributed by atoms with Gasteiger partial charge in [0, 0.05) is 31.3 Å². The minimum atomic E-state index is -5.08. The number of allylic oxidation sites excluding steroid dienone is 2. The molecule has 0 radical (unpaired) electrons. The number of piperazine rings is 1. The molecule has 3 aromatic rings. The third-order valence-electron chi connectivity index (χ3n) is 6.64. The number of carbonyl (C=O) groups excluding carboxylic acids is 2. The molecule has 0 aromatic heterocycles. The molecule has 3 aromatic carbocycles. The fraction of sp³-hybridized carbons (Fsp3) is 0.226. The number of amides is 2. The van der Waals surface area contributed by atoms with Crippen molar-refractivity contribution < 1.29 is 35.9 Å². The smallest absolute Gasteiger partial charge is 0.335 e. The summed E-state index contributed by atoms with van der Waals surface area (Å²) in [6.07, 6.45) is -3.42. The molecule has 2 amide bonds. The molecule has 0 N–H and O–H groups in total. The molecule has 1 heterocycles. The van der Waals surface area contributed by atoms with E-state index in [4.69, 9.17) is 0 Å². The first-order valence-electron chi connectivity index (χ1n) is 12.7. The van der Waals surface area contributed by atoms with Gasteiger partial charge < -0.3 is 9.80 Å². The fourth-order valence-corrected chi connectivity index (χ4v) is 4.60. The average molecular weight is 573 g/mol. The summed E-state index contributed by atoms with van der Waals surface area (Å²) in [5, 5.41) is 0. The lowest BCUT2D eigenvalue weighted by Gasteiger charge is -2.41. The summed E-state index contributed by atoms with van der Waals surface area (Å²) in [7, 11) is 0. The van der Waals surface area contributed by atoms with Crippen LogP contribution in [0.5, 0.6) is 0 Å². The third-order valence-corrected chi connectivity index (χ3v) is 6.64. The minimum absolute atomic E-state index is 0.00653. The van der Waals surface area contributed by atoms with E-state index in [9.17, 15) is 35.9 Å². The van der Waals surface area contributed by atoms with Crippen LogP contribution in [0.4, 0.5) is 26.3 Å². The van der Waals surface area contributed by atoms with Gasteiger partial charge in [-0.1, -0.05) is 78.9 Å². The van der Waals surface area contributed by atoms with Crippen LogP contribution in [-0.2, 0) is 23.6 Å². The van der Waals surface area contributed by atoms with Crippen molar-refractivity contribution in [2.24, 2.45) is 0 Å². The maximum atomic E-state index is 13.4. The summed E-state index contributed by atoms with van der Waals surface area (Å²) in [5.41, 5.74) is -2.08. The number of carbonyl (C=O) groups is 2. The fourth-order valence-electron chi connectivity index (χ4n) is 4.60. The number of hydrogen-bond donors (Lipinski definition) is 0. The molecule has 41 heavy (non-hydrogen) atoms. The van der Waals surface area contributed by atoms with Gasteiger partial charge in [-0.05, 0) is 35.7 Å². The molecule has 0 spiro atoms. The summed E-state index contributed by atoms with van der Waals surface area (Å²) >= 11 is 0. The van der Waals surface area contributed by atoms with E-state index >= 15 is 0 Å². The molecule has 1 fully saturated rings. The van der Waals surface area contributed by atoms with E-state index < -0.39 is 41.0 Å². The average Bonchev–Trinajstić information content (AvgIpc) is 2.95. The monoisotopic (exact) mass is 572 g/mol. The van der Waals surface area contributed by atoms with E-state index in [1.54, 1.807) is 42.5 Å². The molecule has 1 saturated heterocycles. The normalized spacial score (nSPS) is 16.5. The zero-order valence-corrected chi connectivity index (χ0v) is 21.7. The molecular weight excluding hydrogens is 546 g/mol. The summed E-state index contributed by atoms with van der Waals surface area (Å²) in [5.74, 6) is -1.29. The lowest BCUT2D eigenvalue weighted by molar-refractivity contribution is -0.143. The van der Waals surface area contributed by atoms with Crippen LogP contribution in [0.25, 0.3) is 6.08 Å². The molecule has 4 nitrogen and oxygen atoms in total. The largest absolute Gasteiger partial charge is 0.416 e. The zero-order chi connectivity index (χ0) is 29.6. The molecule has 0 unspecified atom stereocenters. The van der Waals surface area contributed by atoms with Crippen LogP contribution >= 0.6 is 0 Å². The standard InChI is InChI=1S/C31H26F6N2O2/c32-30(33,34)25-18-24(19-26(20-25)31(35,36)37)29(41)39-16-15-38(21-27(39)17-23-12-5-2-6-13-23)28(40)14-8-7-11-22-9-3-1-4-10-22/h1-14,18-20,27H,15-17,21H2/b11-7+,14-8+/t27-/m1/s1. The molecular formula is C31H26F6N2O2. The van der Waals surface area contributed by atoms with Crippen molar-refractivity contribution in [2.75, 3.05) is 19.6 Å². The summed E-state index contributed by atoms with van der Waals surface area (Å²) in [6, 6.07) is 18.6. The lowest BCUT2D eigenvalue weighted by atomic mass is 9.99. The second-order valence-electron chi connectivity index (χ2n) is 9.55. The van der Waals surface area contributed by atoms with Gasteiger partial charge in [0.05, 0.1) is 17.2 Å². The predicted molar refractivity (Wildman–Crippen MR) is 143 cm³/mol. The van der Waals surface area contributed by atoms with Gasteiger partial charge in [0.2, 0.25) is 5.91 Å². The first-order chi connectivity index (χ1) is 19.4. The van der Waals surface area contributed by atoms with Crippen molar-refractivity contribution in [2.45, 2.75) is 24.8 Å². The van der Waals surface area contributed by atoms with Crippen molar-refractivity contribution >= 4 is 17.9 Å². The second kappa shape index (κ2) is 12.4. The SMILES string of the molecule is O=C(/C=C/C=C/c1ccccc1)N1CCN(C(=O)c2cc(C(F)(F)F)cc(C(F)(F)F)c2)[C@H](Cc2ccccc2)C1. The number of nitrogens with zero attached hydrogens (tertiary/aromatic N) is 2. The summed E-state index contributed by atoms with van der Waals surface area (Å²) in [4.78, 5) is 29.1. The van der Waals surface area contributed by atoms with Gasteiger partial charge in [-0.15, -0.1) is 0 Å². The molecule has 1 atom stereocenters. The third kappa shape index (κ3) is 7.87. The number of halogens is 6. The molecule has 0 saturated carbocycles. The lowest BCUT2D eigenvalue weighted by Crippen LogP contribution is -2.57. The van der Waals surface area contributed by atoms with Gasteiger partial charge in [-0.2, -0.15) is 26.3 Å². The van der Waals surface area contributed by atoms with E-state index in [0.29, 0.717) is 12.1 Å². The van der Waals surface area contributed by atoms with Crippen LogP contribution in [0.2, 0.25) is 0 Å². The van der Waals surface area contributed by atoms with E-state index in [0.717, 1.165) is 11.1 Å². The van der Waals surface area contributed by atoms with E-state index in [1.165, 1.54) is 15.9 Å². The van der Waals surface area contributed by atoms with E-state index in [-0.39, 0.29) is 38.0 Å². The highest BCUT2D eigenvalue weighted by molar-refractivity contribution is 5.95. The van der Waals surface area contributed by atoms with E-state index in [2.05, 4.69) is 0 Å². The van der Waals surface area contributed by atoms with Crippen LogP contribution in [0.1, 0.15) is 32.6 Å². The Morgan fingerprint density at radius 1 is 0.780 bits per heavy atom. The van der Waals surface area contributed by atoms with Crippen LogP contribution in [0, 0.1) is 0 Å². The van der Waals surface area contributed by atoms with Crippen LogP contribution in [0.15, 0.2) is 97.1 Å². The Kier molecular flexibility index (Phi) is 9.00. The first kappa shape index (κ1) is 29.6. The van der Waals surface area contributed by atoms with Crippen molar-refractivity contribution in [1.29, 1.82) is 0 Å². The Bertz CT molecular complexity index is 1380.